The van der Waals surface area contributed by atoms with E-state index in [4.69, 9.17) is 4.74 Å². The fraction of sp³-hybridized carbons (Fsp3) is 0.188. The molecule has 20 heavy (non-hydrogen) atoms. The topological polar surface area (TPSA) is 38.3 Å². The van der Waals surface area contributed by atoms with Gasteiger partial charge < -0.3 is 10.1 Å². The van der Waals surface area contributed by atoms with Gasteiger partial charge in [0.2, 0.25) is 0 Å². The van der Waals surface area contributed by atoms with E-state index in [9.17, 15) is 4.79 Å². The molecule has 2 aromatic carbocycles. The van der Waals surface area contributed by atoms with Crippen LogP contribution in [0.1, 0.15) is 22.8 Å². The minimum atomic E-state index is -0.114. The van der Waals surface area contributed by atoms with Crippen LogP contribution in [0, 0.1) is 0 Å². The Morgan fingerprint density at radius 3 is 2.75 bits per heavy atom. The number of para-hydroxylation sites is 1. The molecule has 0 heterocycles. The number of carbonyl (C=O) groups is 1. The highest BCUT2D eigenvalue weighted by Crippen LogP contribution is 2.20. The van der Waals surface area contributed by atoms with Crippen LogP contribution >= 0.6 is 15.9 Å². The van der Waals surface area contributed by atoms with Crippen molar-refractivity contribution < 1.29 is 9.53 Å². The van der Waals surface area contributed by atoms with Crippen molar-refractivity contribution in [1.82, 2.24) is 5.32 Å². The third-order valence-electron chi connectivity index (χ3n) is 2.75. The maximum Gasteiger partial charge on any atom is 0.255 e. The van der Waals surface area contributed by atoms with E-state index in [0.29, 0.717) is 24.5 Å². The average Bonchev–Trinajstić information content (AvgIpc) is 2.46. The van der Waals surface area contributed by atoms with E-state index >= 15 is 0 Å². The van der Waals surface area contributed by atoms with Crippen molar-refractivity contribution in [3.63, 3.8) is 0 Å². The van der Waals surface area contributed by atoms with Crippen LogP contribution in [0.5, 0.6) is 5.75 Å². The highest BCUT2D eigenvalue weighted by Gasteiger charge is 2.10. The molecule has 3 nitrogen and oxygen atoms in total. The van der Waals surface area contributed by atoms with Gasteiger partial charge in [0.25, 0.3) is 5.91 Å². The van der Waals surface area contributed by atoms with Crippen LogP contribution in [0.4, 0.5) is 0 Å². The van der Waals surface area contributed by atoms with E-state index in [1.54, 1.807) is 6.07 Å². The van der Waals surface area contributed by atoms with Gasteiger partial charge in [-0.3, -0.25) is 4.79 Å². The Balaban J connectivity index is 2.11. The highest BCUT2D eigenvalue weighted by molar-refractivity contribution is 9.10. The standard InChI is InChI=1S/C16H16BrNO2/c1-2-18-16(19)14-8-3-4-9-15(14)20-11-12-6-5-7-13(17)10-12/h3-10H,2,11H2,1H3,(H,18,19). The Morgan fingerprint density at radius 2 is 2.00 bits per heavy atom. The molecule has 0 aliphatic heterocycles. The number of benzene rings is 2. The summed E-state index contributed by atoms with van der Waals surface area (Å²) in [6, 6.07) is 15.2. The van der Waals surface area contributed by atoms with Crippen molar-refractivity contribution in [2.75, 3.05) is 6.54 Å². The molecule has 0 aliphatic rings. The summed E-state index contributed by atoms with van der Waals surface area (Å²) in [5, 5.41) is 2.78. The second kappa shape index (κ2) is 7.10. The van der Waals surface area contributed by atoms with Crippen molar-refractivity contribution in [1.29, 1.82) is 0 Å². The van der Waals surface area contributed by atoms with Gasteiger partial charge in [-0.15, -0.1) is 0 Å². The molecule has 0 saturated heterocycles. The van der Waals surface area contributed by atoms with Gasteiger partial charge in [-0.1, -0.05) is 40.2 Å². The number of rotatable bonds is 5. The summed E-state index contributed by atoms with van der Waals surface area (Å²) in [6.07, 6.45) is 0. The lowest BCUT2D eigenvalue weighted by Crippen LogP contribution is -2.23. The predicted octanol–water partition coefficient (Wildman–Crippen LogP) is 3.78. The Morgan fingerprint density at radius 1 is 1.20 bits per heavy atom. The first-order chi connectivity index (χ1) is 9.70. The van der Waals surface area contributed by atoms with Crippen LogP contribution < -0.4 is 10.1 Å². The van der Waals surface area contributed by atoms with Crippen LogP contribution in [0.15, 0.2) is 53.0 Å². The third kappa shape index (κ3) is 3.84. The molecule has 1 N–H and O–H groups in total. The van der Waals surface area contributed by atoms with E-state index in [-0.39, 0.29) is 5.91 Å². The summed E-state index contributed by atoms with van der Waals surface area (Å²) in [6.45, 7) is 2.91. The maximum absolute atomic E-state index is 11.9. The highest BCUT2D eigenvalue weighted by atomic mass is 79.9. The van der Waals surface area contributed by atoms with Gasteiger partial charge in [-0.05, 0) is 36.8 Å². The fourth-order valence-electron chi connectivity index (χ4n) is 1.82. The largest absolute Gasteiger partial charge is 0.488 e. The fourth-order valence-corrected chi connectivity index (χ4v) is 2.27. The Hall–Kier alpha value is -1.81. The van der Waals surface area contributed by atoms with Crippen molar-refractivity contribution in [3.05, 3.63) is 64.1 Å². The lowest BCUT2D eigenvalue weighted by atomic mass is 10.2. The zero-order valence-electron chi connectivity index (χ0n) is 11.2. The van der Waals surface area contributed by atoms with Crippen LogP contribution in [-0.2, 0) is 6.61 Å². The van der Waals surface area contributed by atoms with Crippen molar-refractivity contribution >= 4 is 21.8 Å². The van der Waals surface area contributed by atoms with Crippen molar-refractivity contribution in [3.8, 4) is 5.75 Å². The van der Waals surface area contributed by atoms with E-state index in [2.05, 4.69) is 21.2 Å². The van der Waals surface area contributed by atoms with Crippen LogP contribution in [0.25, 0.3) is 0 Å². The smallest absolute Gasteiger partial charge is 0.255 e. The molecule has 0 aliphatic carbocycles. The SMILES string of the molecule is CCNC(=O)c1ccccc1OCc1cccc(Br)c1. The van der Waals surface area contributed by atoms with Gasteiger partial charge in [-0.2, -0.15) is 0 Å². The third-order valence-corrected chi connectivity index (χ3v) is 3.25. The molecule has 0 bridgehead atoms. The summed E-state index contributed by atoms with van der Waals surface area (Å²) in [5.41, 5.74) is 1.61. The molecule has 104 valence electrons. The molecule has 4 heteroatoms. The van der Waals surface area contributed by atoms with Crippen LogP contribution in [0.2, 0.25) is 0 Å². The van der Waals surface area contributed by atoms with Gasteiger partial charge in [0.1, 0.15) is 12.4 Å². The minimum absolute atomic E-state index is 0.114. The molecule has 0 saturated carbocycles. The normalized spacial score (nSPS) is 10.1. The number of amides is 1. The summed E-state index contributed by atoms with van der Waals surface area (Å²) in [7, 11) is 0. The molecule has 1 amide bonds. The number of nitrogens with one attached hydrogen (secondary N) is 1. The molecule has 2 aromatic rings. The van der Waals surface area contributed by atoms with Crippen LogP contribution in [0.3, 0.4) is 0 Å². The molecule has 0 unspecified atom stereocenters. The predicted molar refractivity (Wildman–Crippen MR) is 82.9 cm³/mol. The molecule has 0 radical (unpaired) electrons. The number of hydrogen-bond acceptors (Lipinski definition) is 2. The van der Waals surface area contributed by atoms with E-state index in [1.807, 2.05) is 49.4 Å². The van der Waals surface area contributed by atoms with Gasteiger partial charge in [-0.25, -0.2) is 0 Å². The zero-order valence-corrected chi connectivity index (χ0v) is 12.8. The molecule has 0 spiro atoms. The van der Waals surface area contributed by atoms with E-state index < -0.39 is 0 Å². The summed E-state index contributed by atoms with van der Waals surface area (Å²) in [5.74, 6) is 0.482. The van der Waals surface area contributed by atoms with Crippen molar-refractivity contribution in [2.24, 2.45) is 0 Å². The first-order valence-corrected chi connectivity index (χ1v) is 7.24. The zero-order chi connectivity index (χ0) is 14.4. The lowest BCUT2D eigenvalue weighted by molar-refractivity contribution is 0.0951. The Bertz CT molecular complexity index is 599. The first kappa shape index (κ1) is 14.6. The van der Waals surface area contributed by atoms with Crippen LogP contribution in [-0.4, -0.2) is 12.5 Å². The maximum atomic E-state index is 11.9. The van der Waals surface area contributed by atoms with Gasteiger partial charge in [0, 0.05) is 11.0 Å². The number of ether oxygens (including phenoxy) is 1. The molecule has 2 rings (SSSR count). The first-order valence-electron chi connectivity index (χ1n) is 6.45. The van der Waals surface area contributed by atoms with E-state index in [1.165, 1.54) is 0 Å². The second-order valence-corrected chi connectivity index (χ2v) is 5.19. The second-order valence-electron chi connectivity index (χ2n) is 4.27. The molecule has 0 atom stereocenters. The summed E-state index contributed by atoms with van der Waals surface area (Å²) < 4.78 is 6.77. The number of halogens is 1. The Kier molecular flexibility index (Phi) is 5.18. The monoisotopic (exact) mass is 333 g/mol. The summed E-state index contributed by atoms with van der Waals surface area (Å²) >= 11 is 3.43. The summed E-state index contributed by atoms with van der Waals surface area (Å²) in [4.78, 5) is 11.9. The quantitative estimate of drug-likeness (QED) is 0.904. The van der Waals surface area contributed by atoms with Gasteiger partial charge in [0.15, 0.2) is 0 Å². The van der Waals surface area contributed by atoms with Gasteiger partial charge >= 0.3 is 0 Å². The number of carbonyl (C=O) groups excluding carboxylic acids is 1. The minimum Gasteiger partial charge on any atom is -0.488 e. The van der Waals surface area contributed by atoms with E-state index in [0.717, 1.165) is 10.0 Å². The lowest BCUT2D eigenvalue weighted by Gasteiger charge is -2.11. The molecule has 0 fully saturated rings. The number of hydrogen-bond donors (Lipinski definition) is 1. The molecule has 0 aromatic heterocycles. The van der Waals surface area contributed by atoms with Gasteiger partial charge in [0.05, 0.1) is 5.56 Å². The Labute approximate surface area is 127 Å². The molecular formula is C16H16BrNO2. The molecular weight excluding hydrogens is 318 g/mol. The van der Waals surface area contributed by atoms with Crippen molar-refractivity contribution in [2.45, 2.75) is 13.5 Å². The average molecular weight is 334 g/mol.